The molecule has 0 aromatic carbocycles. The predicted octanol–water partition coefficient (Wildman–Crippen LogP) is 24.2. The molecule has 0 aromatic rings. The quantitative estimate of drug-likeness (QED) is 0.0261. The van der Waals surface area contributed by atoms with Crippen molar-refractivity contribution in [2.45, 2.75) is 361 Å². The molecular formula is C75H132O6. The van der Waals surface area contributed by atoms with Gasteiger partial charge in [-0.05, 0) is 96.3 Å². The first-order chi connectivity index (χ1) is 40.0. The minimum absolute atomic E-state index is 0.0748. The summed E-state index contributed by atoms with van der Waals surface area (Å²) in [6.07, 6.45) is 92.0. The van der Waals surface area contributed by atoms with E-state index in [0.29, 0.717) is 19.3 Å². The molecule has 0 radical (unpaired) electrons. The van der Waals surface area contributed by atoms with Crippen LogP contribution in [0.25, 0.3) is 0 Å². The van der Waals surface area contributed by atoms with Crippen molar-refractivity contribution in [3.63, 3.8) is 0 Å². The zero-order chi connectivity index (χ0) is 58.5. The Kier molecular flexibility index (Phi) is 66.2. The van der Waals surface area contributed by atoms with E-state index >= 15 is 0 Å². The van der Waals surface area contributed by atoms with Gasteiger partial charge in [-0.3, -0.25) is 14.4 Å². The number of hydrogen-bond donors (Lipinski definition) is 0. The van der Waals surface area contributed by atoms with E-state index in [1.165, 1.54) is 212 Å². The molecule has 0 amide bonds. The third-order valence-electron chi connectivity index (χ3n) is 15.4. The lowest BCUT2D eigenvalue weighted by atomic mass is 10.0. The van der Waals surface area contributed by atoms with E-state index < -0.39 is 6.10 Å². The van der Waals surface area contributed by atoms with Crippen molar-refractivity contribution >= 4 is 17.9 Å². The van der Waals surface area contributed by atoms with E-state index in [9.17, 15) is 14.4 Å². The lowest BCUT2D eigenvalue weighted by Crippen LogP contribution is -2.30. The number of carbonyl (C=O) groups excluding carboxylic acids is 3. The molecule has 0 aliphatic carbocycles. The molecule has 81 heavy (non-hydrogen) atoms. The largest absolute Gasteiger partial charge is 0.462 e. The maximum Gasteiger partial charge on any atom is 0.306 e. The average molecular weight is 1130 g/mol. The first kappa shape index (κ1) is 77.6. The molecule has 6 heteroatoms. The summed E-state index contributed by atoms with van der Waals surface area (Å²) in [5.74, 6) is -0.867. The Balaban J connectivity index is 4.13. The zero-order valence-corrected chi connectivity index (χ0v) is 53.8. The zero-order valence-electron chi connectivity index (χ0n) is 53.8. The number of allylic oxidation sites excluding steroid dienone is 14. The molecule has 0 aliphatic rings. The predicted molar refractivity (Wildman–Crippen MR) is 353 cm³/mol. The van der Waals surface area contributed by atoms with Crippen LogP contribution in [-0.4, -0.2) is 37.2 Å². The Labute approximate surface area is 503 Å². The van der Waals surface area contributed by atoms with Crippen LogP contribution < -0.4 is 0 Å². The van der Waals surface area contributed by atoms with Crippen molar-refractivity contribution < 1.29 is 28.6 Å². The smallest absolute Gasteiger partial charge is 0.306 e. The van der Waals surface area contributed by atoms with E-state index in [1.807, 2.05) is 0 Å². The van der Waals surface area contributed by atoms with Gasteiger partial charge in [-0.1, -0.05) is 324 Å². The molecule has 1 atom stereocenters. The number of rotatable bonds is 64. The lowest BCUT2D eigenvalue weighted by molar-refractivity contribution is -0.167. The Bertz CT molecular complexity index is 1530. The summed E-state index contributed by atoms with van der Waals surface area (Å²) in [5.41, 5.74) is 0. The summed E-state index contributed by atoms with van der Waals surface area (Å²) >= 11 is 0. The molecule has 0 heterocycles. The second-order valence-corrected chi connectivity index (χ2v) is 23.4. The van der Waals surface area contributed by atoms with Gasteiger partial charge in [0.1, 0.15) is 13.2 Å². The minimum atomic E-state index is -0.778. The molecule has 0 aliphatic heterocycles. The number of carbonyl (C=O) groups is 3. The summed E-state index contributed by atoms with van der Waals surface area (Å²) in [6.45, 7) is 6.53. The highest BCUT2D eigenvalue weighted by molar-refractivity contribution is 5.71. The van der Waals surface area contributed by atoms with Gasteiger partial charge in [0, 0.05) is 19.3 Å². The third kappa shape index (κ3) is 67.3. The van der Waals surface area contributed by atoms with Crippen LogP contribution in [0.15, 0.2) is 85.1 Å². The molecule has 0 rings (SSSR count). The standard InChI is InChI=1S/C75H132O6/c1-4-7-10-13-16-19-21-23-25-27-29-31-33-34-35-36-37-38-39-40-42-43-45-47-49-51-53-56-59-62-65-68-74(77)80-71-72(70-79-73(76)67-64-61-58-55-18-15-12-9-6-3)81-75(78)69-66-63-60-57-54-52-50-48-46-44-41-32-30-28-26-24-22-20-17-14-11-8-5-2/h7,10,16,19,22-25,28-31,41,44,72H,4-6,8-9,11-15,17-18,20-21,26-27,32-40,42-43,45-71H2,1-3H3/b10-7-,19-16-,24-22-,25-23-,30-28-,31-29-,44-41-. The van der Waals surface area contributed by atoms with Gasteiger partial charge in [-0.2, -0.15) is 0 Å². The van der Waals surface area contributed by atoms with Crippen LogP contribution in [-0.2, 0) is 28.6 Å². The maximum atomic E-state index is 12.9. The molecule has 0 fully saturated rings. The number of esters is 3. The fourth-order valence-corrected chi connectivity index (χ4v) is 10.2. The van der Waals surface area contributed by atoms with Crippen molar-refractivity contribution in [2.75, 3.05) is 13.2 Å². The van der Waals surface area contributed by atoms with Crippen molar-refractivity contribution in [2.24, 2.45) is 0 Å². The maximum absolute atomic E-state index is 12.9. The highest BCUT2D eigenvalue weighted by Gasteiger charge is 2.19. The van der Waals surface area contributed by atoms with Gasteiger partial charge < -0.3 is 14.2 Å². The first-order valence-electron chi connectivity index (χ1n) is 35.1. The Morgan fingerprint density at radius 2 is 0.481 bits per heavy atom. The average Bonchev–Trinajstić information content (AvgIpc) is 3.47. The van der Waals surface area contributed by atoms with Gasteiger partial charge in [0.05, 0.1) is 0 Å². The van der Waals surface area contributed by atoms with E-state index in [4.69, 9.17) is 14.2 Å². The van der Waals surface area contributed by atoms with Gasteiger partial charge in [0.2, 0.25) is 0 Å². The molecule has 0 aromatic heterocycles. The molecule has 0 saturated heterocycles. The van der Waals surface area contributed by atoms with E-state index in [2.05, 4.69) is 106 Å². The monoisotopic (exact) mass is 1130 g/mol. The van der Waals surface area contributed by atoms with Crippen molar-refractivity contribution in [3.05, 3.63) is 85.1 Å². The van der Waals surface area contributed by atoms with Crippen LogP contribution >= 0.6 is 0 Å². The highest BCUT2D eigenvalue weighted by atomic mass is 16.6. The molecular weight excluding hydrogens is 997 g/mol. The topological polar surface area (TPSA) is 78.9 Å². The Morgan fingerprint density at radius 3 is 0.753 bits per heavy atom. The SMILES string of the molecule is CC/C=C\C/C=C\C/C=C\C/C=C\CCCCCCCCCCCCCCCCCCCCC(=O)OCC(COC(=O)CCCCCCCCCCC)OC(=O)CCCCCCCCCC/C=C\C/C=C\C/C=C\CCCCCCC. The summed E-state index contributed by atoms with van der Waals surface area (Å²) in [7, 11) is 0. The highest BCUT2D eigenvalue weighted by Crippen LogP contribution is 2.17. The molecule has 0 spiro atoms. The van der Waals surface area contributed by atoms with Crippen LogP contribution in [0.3, 0.4) is 0 Å². The molecule has 468 valence electrons. The second-order valence-electron chi connectivity index (χ2n) is 23.4. The van der Waals surface area contributed by atoms with E-state index in [0.717, 1.165) is 103 Å². The van der Waals surface area contributed by atoms with Gasteiger partial charge >= 0.3 is 17.9 Å². The second kappa shape index (κ2) is 69.1. The number of unbranched alkanes of at least 4 members (excludes halogenated alkanes) is 39. The minimum Gasteiger partial charge on any atom is -0.462 e. The summed E-state index contributed by atoms with van der Waals surface area (Å²) in [5, 5.41) is 0. The van der Waals surface area contributed by atoms with Gasteiger partial charge in [0.15, 0.2) is 6.10 Å². The van der Waals surface area contributed by atoms with Crippen LogP contribution in [0, 0.1) is 0 Å². The molecule has 6 nitrogen and oxygen atoms in total. The molecule has 1 unspecified atom stereocenters. The number of hydrogen-bond acceptors (Lipinski definition) is 6. The summed E-state index contributed by atoms with van der Waals surface area (Å²) in [4.78, 5) is 38.3. The first-order valence-corrected chi connectivity index (χ1v) is 35.1. The molecule has 0 saturated carbocycles. The molecule has 0 N–H and O–H groups in total. The van der Waals surface area contributed by atoms with E-state index in [1.54, 1.807) is 0 Å². The normalized spacial score (nSPS) is 12.6. The van der Waals surface area contributed by atoms with Crippen molar-refractivity contribution in [3.8, 4) is 0 Å². The van der Waals surface area contributed by atoms with Gasteiger partial charge in [-0.25, -0.2) is 0 Å². The van der Waals surface area contributed by atoms with Crippen LogP contribution in [0.4, 0.5) is 0 Å². The van der Waals surface area contributed by atoms with Crippen molar-refractivity contribution in [1.29, 1.82) is 0 Å². The fourth-order valence-electron chi connectivity index (χ4n) is 10.2. The summed E-state index contributed by atoms with van der Waals surface area (Å²) < 4.78 is 16.9. The molecule has 0 bridgehead atoms. The van der Waals surface area contributed by atoms with E-state index in [-0.39, 0.29) is 31.1 Å². The van der Waals surface area contributed by atoms with Crippen molar-refractivity contribution in [1.82, 2.24) is 0 Å². The van der Waals surface area contributed by atoms with Crippen LogP contribution in [0.1, 0.15) is 355 Å². The Hall–Kier alpha value is -3.41. The lowest BCUT2D eigenvalue weighted by Gasteiger charge is -2.18. The van der Waals surface area contributed by atoms with Gasteiger partial charge in [-0.15, -0.1) is 0 Å². The summed E-state index contributed by atoms with van der Waals surface area (Å²) in [6, 6.07) is 0. The number of ether oxygens (including phenoxy) is 3. The van der Waals surface area contributed by atoms with Crippen LogP contribution in [0.5, 0.6) is 0 Å². The fraction of sp³-hybridized carbons (Fsp3) is 0.773. The third-order valence-corrected chi connectivity index (χ3v) is 15.4. The Morgan fingerprint density at radius 1 is 0.259 bits per heavy atom. The van der Waals surface area contributed by atoms with Gasteiger partial charge in [0.25, 0.3) is 0 Å². The van der Waals surface area contributed by atoms with Crippen LogP contribution in [0.2, 0.25) is 0 Å².